The molecule has 5 heteroatoms. The summed E-state index contributed by atoms with van der Waals surface area (Å²) >= 11 is 0. The van der Waals surface area contributed by atoms with Crippen molar-refractivity contribution in [2.45, 2.75) is 13.3 Å². The van der Waals surface area contributed by atoms with Gasteiger partial charge < -0.3 is 9.84 Å². The molecule has 0 aliphatic heterocycles. The number of esters is 1. The van der Waals surface area contributed by atoms with Gasteiger partial charge in [0.1, 0.15) is 5.75 Å². The van der Waals surface area contributed by atoms with Gasteiger partial charge in [0.15, 0.2) is 5.78 Å². The van der Waals surface area contributed by atoms with Gasteiger partial charge >= 0.3 is 5.97 Å². The summed E-state index contributed by atoms with van der Waals surface area (Å²) in [5.74, 6) is -1.24. The highest BCUT2D eigenvalue weighted by atomic mass is 16.5. The highest BCUT2D eigenvalue weighted by Gasteiger charge is 2.22. The molecule has 5 nitrogen and oxygen atoms in total. The van der Waals surface area contributed by atoms with Crippen molar-refractivity contribution in [1.29, 1.82) is 5.26 Å². The molecule has 29 heavy (non-hydrogen) atoms. The first-order valence-electron chi connectivity index (χ1n) is 9.16. The molecule has 0 radical (unpaired) electrons. The number of ether oxygens (including phenoxy) is 1. The van der Waals surface area contributed by atoms with Gasteiger partial charge in [0.2, 0.25) is 0 Å². The number of nitrogens with zero attached hydrogens (tertiary/aromatic N) is 1. The minimum atomic E-state index is -0.595. The van der Waals surface area contributed by atoms with Gasteiger partial charge in [0, 0.05) is 5.56 Å². The third-order valence-corrected chi connectivity index (χ3v) is 4.50. The molecule has 0 saturated carbocycles. The third kappa shape index (κ3) is 4.33. The Labute approximate surface area is 168 Å². The summed E-state index contributed by atoms with van der Waals surface area (Å²) in [4.78, 5) is 25.5. The molecule has 1 N–H and O–H groups in total. The average Bonchev–Trinajstić information content (AvgIpc) is 2.74. The first kappa shape index (κ1) is 19.8. The fourth-order valence-electron chi connectivity index (χ4n) is 3.11. The number of rotatable bonds is 6. The molecule has 0 aliphatic carbocycles. The Balaban J connectivity index is 2.14. The van der Waals surface area contributed by atoms with E-state index in [9.17, 15) is 20.0 Å². The standard InChI is InChI=1S/C24H19NO4/c1-2-29-24(28)21-14-17(23(27)19-10-6-7-11-22(19)26)13-18(15-25)20(21)12-16-8-4-3-5-9-16/h3-11,13-14,26H,2,12H2,1H3. The van der Waals surface area contributed by atoms with Gasteiger partial charge in [-0.15, -0.1) is 0 Å². The molecule has 3 rings (SSSR count). The van der Waals surface area contributed by atoms with Gasteiger partial charge in [-0.2, -0.15) is 5.26 Å². The first-order valence-corrected chi connectivity index (χ1v) is 9.16. The number of hydrogen-bond acceptors (Lipinski definition) is 5. The molecule has 0 amide bonds. The summed E-state index contributed by atoms with van der Waals surface area (Å²) in [7, 11) is 0. The van der Waals surface area contributed by atoms with Crippen LogP contribution in [0, 0.1) is 11.3 Å². The van der Waals surface area contributed by atoms with Crippen molar-refractivity contribution in [3.8, 4) is 11.8 Å². The second kappa shape index (κ2) is 8.85. The van der Waals surface area contributed by atoms with Crippen molar-refractivity contribution < 1.29 is 19.4 Å². The second-order valence-corrected chi connectivity index (χ2v) is 6.39. The van der Waals surface area contributed by atoms with Crippen LogP contribution in [0.4, 0.5) is 0 Å². The zero-order chi connectivity index (χ0) is 20.8. The SMILES string of the molecule is CCOC(=O)c1cc(C(=O)c2ccccc2O)cc(C#N)c1Cc1ccccc1. The maximum atomic E-state index is 12.9. The van der Waals surface area contributed by atoms with Crippen LogP contribution in [0.2, 0.25) is 0 Å². The molecule has 0 unspecified atom stereocenters. The fourth-order valence-corrected chi connectivity index (χ4v) is 3.11. The van der Waals surface area contributed by atoms with Gasteiger partial charge in [0.05, 0.1) is 29.4 Å². The van der Waals surface area contributed by atoms with Crippen LogP contribution >= 0.6 is 0 Å². The predicted molar refractivity (Wildman–Crippen MR) is 108 cm³/mol. The Morgan fingerprint density at radius 2 is 1.69 bits per heavy atom. The summed E-state index contributed by atoms with van der Waals surface area (Å²) in [6.45, 7) is 1.86. The number of para-hydroxylation sites is 1. The Morgan fingerprint density at radius 3 is 2.34 bits per heavy atom. The molecule has 0 spiro atoms. The number of benzene rings is 3. The highest BCUT2D eigenvalue weighted by molar-refractivity contribution is 6.12. The van der Waals surface area contributed by atoms with Crippen LogP contribution in [0.1, 0.15) is 49.9 Å². The molecule has 3 aromatic carbocycles. The largest absolute Gasteiger partial charge is 0.507 e. The smallest absolute Gasteiger partial charge is 0.338 e. The summed E-state index contributed by atoms with van der Waals surface area (Å²) in [5, 5.41) is 19.7. The zero-order valence-electron chi connectivity index (χ0n) is 15.9. The number of carbonyl (C=O) groups excluding carboxylic acids is 2. The lowest BCUT2D eigenvalue weighted by atomic mass is 9.90. The van der Waals surface area contributed by atoms with Crippen molar-refractivity contribution in [3.63, 3.8) is 0 Å². The van der Waals surface area contributed by atoms with E-state index in [0.29, 0.717) is 12.0 Å². The summed E-state index contributed by atoms with van der Waals surface area (Å²) in [6, 6.07) is 20.6. The molecular formula is C24H19NO4. The van der Waals surface area contributed by atoms with Gasteiger partial charge in [-0.1, -0.05) is 42.5 Å². The normalized spacial score (nSPS) is 10.2. The maximum Gasteiger partial charge on any atom is 0.338 e. The molecule has 0 heterocycles. The van der Waals surface area contributed by atoms with Crippen molar-refractivity contribution in [2.75, 3.05) is 6.61 Å². The average molecular weight is 385 g/mol. The van der Waals surface area contributed by atoms with Crippen LogP contribution in [0.15, 0.2) is 66.7 Å². The molecule has 0 saturated heterocycles. The summed E-state index contributed by atoms with van der Waals surface area (Å²) in [5.41, 5.74) is 2.07. The first-order chi connectivity index (χ1) is 14.0. The van der Waals surface area contributed by atoms with Gasteiger partial charge in [-0.05, 0) is 48.7 Å². The minimum absolute atomic E-state index is 0.0991. The van der Waals surface area contributed by atoms with Gasteiger partial charge in [0.25, 0.3) is 0 Å². The molecule has 0 atom stereocenters. The molecule has 0 bridgehead atoms. The lowest BCUT2D eigenvalue weighted by molar-refractivity contribution is 0.0525. The Morgan fingerprint density at radius 1 is 1.00 bits per heavy atom. The maximum absolute atomic E-state index is 12.9. The molecule has 0 fully saturated rings. The zero-order valence-corrected chi connectivity index (χ0v) is 15.9. The second-order valence-electron chi connectivity index (χ2n) is 6.39. The topological polar surface area (TPSA) is 87.4 Å². The van der Waals surface area contributed by atoms with Crippen molar-refractivity contribution in [2.24, 2.45) is 0 Å². The fraction of sp³-hybridized carbons (Fsp3) is 0.125. The van der Waals surface area contributed by atoms with E-state index in [-0.39, 0.29) is 34.6 Å². The van der Waals surface area contributed by atoms with E-state index in [2.05, 4.69) is 6.07 Å². The Kier molecular flexibility index (Phi) is 6.06. The van der Waals surface area contributed by atoms with Crippen molar-refractivity contribution in [3.05, 3.63) is 100 Å². The molecule has 3 aromatic rings. The lowest BCUT2D eigenvalue weighted by Gasteiger charge is -2.14. The van der Waals surface area contributed by atoms with Crippen molar-refractivity contribution in [1.82, 2.24) is 0 Å². The number of ketones is 1. The molecular weight excluding hydrogens is 366 g/mol. The van der Waals surface area contributed by atoms with Gasteiger partial charge in [-0.25, -0.2) is 4.79 Å². The van der Waals surface area contributed by atoms with Gasteiger partial charge in [-0.3, -0.25) is 4.79 Å². The van der Waals surface area contributed by atoms with E-state index in [1.807, 2.05) is 30.3 Å². The van der Waals surface area contributed by atoms with E-state index in [0.717, 1.165) is 5.56 Å². The molecule has 144 valence electrons. The van der Waals surface area contributed by atoms with Crippen LogP contribution < -0.4 is 0 Å². The molecule has 0 aliphatic rings. The van der Waals surface area contributed by atoms with Crippen LogP contribution in [0.25, 0.3) is 0 Å². The third-order valence-electron chi connectivity index (χ3n) is 4.50. The Hall–Kier alpha value is -3.91. The number of carbonyl (C=O) groups is 2. The van der Waals surface area contributed by atoms with Crippen LogP contribution in [-0.4, -0.2) is 23.5 Å². The summed E-state index contributed by atoms with van der Waals surface area (Å²) < 4.78 is 5.16. The highest BCUT2D eigenvalue weighted by Crippen LogP contribution is 2.26. The van der Waals surface area contributed by atoms with E-state index in [1.165, 1.54) is 24.3 Å². The Bertz CT molecular complexity index is 1100. The minimum Gasteiger partial charge on any atom is -0.507 e. The predicted octanol–water partition coefficient (Wildman–Crippen LogP) is 4.26. The van der Waals surface area contributed by atoms with Crippen LogP contribution in [-0.2, 0) is 11.2 Å². The van der Waals surface area contributed by atoms with E-state index < -0.39 is 11.8 Å². The number of hydrogen-bond donors (Lipinski definition) is 1. The van der Waals surface area contributed by atoms with Crippen LogP contribution in [0.5, 0.6) is 5.75 Å². The van der Waals surface area contributed by atoms with E-state index >= 15 is 0 Å². The number of phenols is 1. The van der Waals surface area contributed by atoms with Crippen molar-refractivity contribution >= 4 is 11.8 Å². The van der Waals surface area contributed by atoms with E-state index in [4.69, 9.17) is 4.74 Å². The molecule has 0 aromatic heterocycles. The number of aromatic hydroxyl groups is 1. The quantitative estimate of drug-likeness (QED) is 0.506. The lowest BCUT2D eigenvalue weighted by Crippen LogP contribution is -2.13. The van der Waals surface area contributed by atoms with E-state index in [1.54, 1.807) is 19.1 Å². The monoisotopic (exact) mass is 385 g/mol. The van der Waals surface area contributed by atoms with Crippen LogP contribution in [0.3, 0.4) is 0 Å². The number of phenolic OH excluding ortho intramolecular Hbond substituents is 1. The number of nitriles is 1. The summed E-state index contributed by atoms with van der Waals surface area (Å²) in [6.07, 6.45) is 0.350.